The number of carbonyl (C=O) groups is 1. The average molecular weight is 594 g/mol. The average Bonchev–Trinajstić information content (AvgIpc) is 3.66. The van der Waals surface area contributed by atoms with Gasteiger partial charge in [0.25, 0.3) is 0 Å². The van der Waals surface area contributed by atoms with Crippen molar-refractivity contribution in [1.82, 2.24) is 14.8 Å². The van der Waals surface area contributed by atoms with Crippen molar-refractivity contribution in [2.45, 2.75) is 24.5 Å². The summed E-state index contributed by atoms with van der Waals surface area (Å²) in [5, 5.41) is 14.4. The first kappa shape index (κ1) is 27.5. The summed E-state index contributed by atoms with van der Waals surface area (Å²) in [5.74, 6) is -2.51. The smallest absolute Gasteiger partial charge is 0.307 e. The number of para-hydroxylation sites is 1. The molecular formula is C30H25F2N3O6S. The molecule has 0 aliphatic carbocycles. The molecule has 0 radical (unpaired) electrons. The highest BCUT2D eigenvalue weighted by Gasteiger charge is 2.41. The van der Waals surface area contributed by atoms with Crippen LogP contribution in [0.25, 0.3) is 16.6 Å². The van der Waals surface area contributed by atoms with Crippen molar-refractivity contribution >= 4 is 26.7 Å². The number of hydrogen-bond donors (Lipinski definition) is 2. The molecule has 0 bridgehead atoms. The molecule has 1 aliphatic rings. The summed E-state index contributed by atoms with van der Waals surface area (Å²) in [4.78, 5) is 14.2. The van der Waals surface area contributed by atoms with Crippen molar-refractivity contribution < 1.29 is 36.6 Å². The molecule has 0 fully saturated rings. The van der Waals surface area contributed by atoms with Crippen molar-refractivity contribution in [2.24, 2.45) is 0 Å². The number of halogens is 2. The van der Waals surface area contributed by atoms with E-state index in [0.717, 1.165) is 17.9 Å². The Morgan fingerprint density at radius 1 is 1.17 bits per heavy atom. The van der Waals surface area contributed by atoms with Crippen LogP contribution in [0.15, 0.2) is 67.0 Å². The summed E-state index contributed by atoms with van der Waals surface area (Å²) < 4.78 is 67.7. The fourth-order valence-corrected chi connectivity index (χ4v) is 6.15. The normalized spacial score (nSPS) is 16.4. The quantitative estimate of drug-likeness (QED) is 0.251. The molecule has 3 heterocycles. The molecule has 2 N–H and O–H groups in total. The highest BCUT2D eigenvalue weighted by atomic mass is 32.2. The molecular weight excluding hydrogens is 568 g/mol. The monoisotopic (exact) mass is 593 g/mol. The van der Waals surface area contributed by atoms with Crippen LogP contribution in [0, 0.1) is 11.6 Å². The molecule has 0 unspecified atom stereocenters. The van der Waals surface area contributed by atoms with Crippen molar-refractivity contribution in [1.29, 1.82) is 0 Å². The van der Waals surface area contributed by atoms with Crippen LogP contribution in [0.4, 0.5) is 8.78 Å². The number of carboxylic acid groups (broad SMARTS) is 1. The van der Waals surface area contributed by atoms with Gasteiger partial charge in [-0.05, 0) is 31.2 Å². The van der Waals surface area contributed by atoms with E-state index in [-0.39, 0.29) is 35.8 Å². The van der Waals surface area contributed by atoms with E-state index >= 15 is 8.78 Å². The van der Waals surface area contributed by atoms with E-state index in [1.807, 2.05) is 13.0 Å². The van der Waals surface area contributed by atoms with E-state index in [1.165, 1.54) is 22.9 Å². The van der Waals surface area contributed by atoms with Crippen molar-refractivity contribution in [3.63, 3.8) is 0 Å². The minimum atomic E-state index is -3.55. The van der Waals surface area contributed by atoms with Gasteiger partial charge >= 0.3 is 5.97 Å². The van der Waals surface area contributed by atoms with Crippen LogP contribution in [0.3, 0.4) is 0 Å². The summed E-state index contributed by atoms with van der Waals surface area (Å²) in [6.45, 7) is 2.13. The maximum atomic E-state index is 15.2. The third kappa shape index (κ3) is 4.87. The SMILES string of the molecule is C[C@@]1(c2ccn(-c3cc(Oc4c(F)cc5[nH]ccc5c4CS(C)(=O)=O)ccc3F)n2)COc2c(CC(=O)O)cccc21. The Balaban J connectivity index is 1.36. The van der Waals surface area contributed by atoms with Crippen LogP contribution < -0.4 is 9.47 Å². The summed E-state index contributed by atoms with van der Waals surface area (Å²) >= 11 is 0. The standard InChI is InChI=1S/C30H25F2N3O6S/c1-30(16-40-28-17(12-27(36)37)4-3-5-21(28)30)26-9-11-35(34-26)25-13-18(6-7-22(25)31)41-29-20(15-42(2,38)39)19-8-10-33-24(19)14-23(29)32/h3-11,13-14,33H,12,15-16H2,1-2H3,(H,36,37)/t30-/m1/s1. The molecule has 1 aliphatic heterocycles. The Kier molecular flexibility index (Phi) is 6.53. The molecule has 0 spiro atoms. The number of aliphatic carboxylic acids is 1. The summed E-state index contributed by atoms with van der Waals surface area (Å²) in [7, 11) is -3.55. The highest BCUT2D eigenvalue weighted by molar-refractivity contribution is 7.89. The molecule has 12 heteroatoms. The Morgan fingerprint density at radius 2 is 1.98 bits per heavy atom. The number of benzene rings is 3. The number of aromatic amines is 1. The van der Waals surface area contributed by atoms with Gasteiger partial charge in [-0.25, -0.2) is 21.9 Å². The number of rotatable bonds is 8. The number of nitrogens with one attached hydrogen (secondary N) is 1. The second kappa shape index (κ2) is 9.98. The van der Waals surface area contributed by atoms with Crippen molar-refractivity contribution in [2.75, 3.05) is 12.9 Å². The molecule has 0 saturated heterocycles. The second-order valence-electron chi connectivity index (χ2n) is 10.5. The first-order chi connectivity index (χ1) is 19.9. The molecule has 3 aromatic carbocycles. The van der Waals surface area contributed by atoms with Gasteiger partial charge in [0.05, 0.1) is 23.3 Å². The van der Waals surface area contributed by atoms with Crippen LogP contribution >= 0.6 is 0 Å². The third-order valence-corrected chi connectivity index (χ3v) is 8.16. The lowest BCUT2D eigenvalue weighted by Gasteiger charge is -2.20. The molecule has 6 rings (SSSR count). The number of hydrogen-bond acceptors (Lipinski definition) is 6. The predicted molar refractivity (Wildman–Crippen MR) is 150 cm³/mol. The third-order valence-electron chi connectivity index (χ3n) is 7.35. The number of H-pyrrole nitrogens is 1. The van der Waals surface area contributed by atoms with Crippen LogP contribution in [0.1, 0.15) is 29.3 Å². The zero-order chi connectivity index (χ0) is 29.8. The number of nitrogens with zero attached hydrogens (tertiary/aromatic N) is 2. The Bertz CT molecular complexity index is 1980. The number of sulfone groups is 1. The number of fused-ring (bicyclic) bond motifs is 2. The van der Waals surface area contributed by atoms with Gasteiger partial charge in [-0.15, -0.1) is 0 Å². The van der Waals surface area contributed by atoms with E-state index in [4.69, 9.17) is 9.47 Å². The maximum absolute atomic E-state index is 15.2. The Labute approximate surface area is 239 Å². The van der Waals surface area contributed by atoms with Crippen LogP contribution in [0.5, 0.6) is 17.2 Å². The van der Waals surface area contributed by atoms with Gasteiger partial charge < -0.3 is 19.6 Å². The van der Waals surface area contributed by atoms with Gasteiger partial charge in [0, 0.05) is 58.4 Å². The topological polar surface area (TPSA) is 124 Å². The van der Waals surface area contributed by atoms with Crippen LogP contribution in [0.2, 0.25) is 0 Å². The van der Waals surface area contributed by atoms with Crippen molar-refractivity contribution in [3.8, 4) is 22.9 Å². The zero-order valence-corrected chi connectivity index (χ0v) is 23.3. The summed E-state index contributed by atoms with van der Waals surface area (Å²) in [6.07, 6.45) is 4.01. The van der Waals surface area contributed by atoms with E-state index in [0.29, 0.717) is 27.9 Å². The van der Waals surface area contributed by atoms with E-state index in [9.17, 15) is 18.3 Å². The van der Waals surface area contributed by atoms with Gasteiger partial charge in [0.2, 0.25) is 0 Å². The molecule has 2 aromatic heterocycles. The van der Waals surface area contributed by atoms with Crippen LogP contribution in [-0.2, 0) is 32.2 Å². The van der Waals surface area contributed by atoms with E-state index in [1.54, 1.807) is 36.7 Å². The van der Waals surface area contributed by atoms with Gasteiger partial charge in [-0.2, -0.15) is 5.10 Å². The molecule has 5 aromatic rings. The van der Waals surface area contributed by atoms with Gasteiger partial charge in [0.1, 0.15) is 29.6 Å². The number of carboxylic acids is 1. The fraction of sp³-hybridized carbons (Fsp3) is 0.200. The van der Waals surface area contributed by atoms with Gasteiger partial charge in [-0.1, -0.05) is 18.2 Å². The van der Waals surface area contributed by atoms with Crippen LogP contribution in [-0.4, -0.2) is 47.1 Å². The maximum Gasteiger partial charge on any atom is 0.307 e. The summed E-state index contributed by atoms with van der Waals surface area (Å²) in [6, 6.07) is 13.7. The molecule has 216 valence electrons. The highest BCUT2D eigenvalue weighted by Crippen LogP contribution is 2.45. The molecule has 9 nitrogen and oxygen atoms in total. The van der Waals surface area contributed by atoms with Gasteiger partial charge in [-0.3, -0.25) is 4.79 Å². The minimum absolute atomic E-state index is 0.0221. The number of aromatic nitrogens is 3. The Hall–Kier alpha value is -4.71. The lowest BCUT2D eigenvalue weighted by atomic mass is 9.81. The molecule has 0 amide bonds. The lowest BCUT2D eigenvalue weighted by Crippen LogP contribution is -2.26. The van der Waals surface area contributed by atoms with E-state index < -0.39 is 38.6 Å². The van der Waals surface area contributed by atoms with E-state index in [2.05, 4.69) is 10.1 Å². The second-order valence-corrected chi connectivity index (χ2v) is 12.7. The number of ether oxygens (including phenoxy) is 2. The van der Waals surface area contributed by atoms with Crippen molar-refractivity contribution in [3.05, 3.63) is 101 Å². The predicted octanol–water partition coefficient (Wildman–Crippen LogP) is 5.29. The molecule has 1 atom stereocenters. The first-order valence-corrected chi connectivity index (χ1v) is 15.0. The van der Waals surface area contributed by atoms with Gasteiger partial charge in [0.15, 0.2) is 21.4 Å². The Morgan fingerprint density at radius 3 is 2.74 bits per heavy atom. The molecule has 42 heavy (non-hydrogen) atoms. The minimum Gasteiger partial charge on any atom is -0.492 e. The lowest BCUT2D eigenvalue weighted by molar-refractivity contribution is -0.136. The summed E-state index contributed by atoms with van der Waals surface area (Å²) in [5.41, 5.74) is 1.76. The molecule has 0 saturated carbocycles. The first-order valence-electron chi connectivity index (χ1n) is 12.9. The zero-order valence-electron chi connectivity index (χ0n) is 22.5. The fourth-order valence-electron chi connectivity index (χ4n) is 5.34. The largest absolute Gasteiger partial charge is 0.492 e.